The molecule has 1 N–H and O–H groups in total. The predicted molar refractivity (Wildman–Crippen MR) is 43.6 cm³/mol. The number of hydrogen-bond acceptors (Lipinski definition) is 3. The molecule has 4 nitrogen and oxygen atoms in total. The van der Waals surface area contributed by atoms with E-state index in [0.29, 0.717) is 26.3 Å². The summed E-state index contributed by atoms with van der Waals surface area (Å²) in [5.74, 6) is -0.284. The molecule has 1 fully saturated rings. The Labute approximate surface area is 71.4 Å². The molecule has 0 aromatic rings. The number of aliphatic hydroxyl groups is 1. The minimum Gasteiger partial charge on any atom is -0.379 e. The maximum absolute atomic E-state index is 11.3. The van der Waals surface area contributed by atoms with Crippen LogP contribution in [0.25, 0.3) is 0 Å². The molecule has 1 unspecified atom stereocenters. The molecule has 0 bridgehead atoms. The summed E-state index contributed by atoms with van der Waals surface area (Å²) in [5, 5.41) is 9.13. The zero-order chi connectivity index (χ0) is 8.97. The number of morpholine rings is 1. The number of carbonyl (C=O) groups is 1. The van der Waals surface area contributed by atoms with Crippen molar-refractivity contribution in [3.05, 3.63) is 12.7 Å². The molecule has 12 heavy (non-hydrogen) atoms. The van der Waals surface area contributed by atoms with Crippen molar-refractivity contribution in [1.82, 2.24) is 4.90 Å². The molecule has 1 heterocycles. The van der Waals surface area contributed by atoms with Crippen molar-refractivity contribution in [3.63, 3.8) is 0 Å². The molecule has 1 amide bonds. The molecular formula is C8H13NO3. The Morgan fingerprint density at radius 3 is 2.67 bits per heavy atom. The number of hydrogen-bond donors (Lipinski definition) is 1. The van der Waals surface area contributed by atoms with Crippen LogP contribution in [0.4, 0.5) is 0 Å². The molecule has 0 radical (unpaired) electrons. The lowest BCUT2D eigenvalue weighted by molar-refractivity contribution is -0.141. The topological polar surface area (TPSA) is 49.8 Å². The fraction of sp³-hybridized carbons (Fsp3) is 0.625. The first kappa shape index (κ1) is 9.22. The van der Waals surface area contributed by atoms with E-state index in [1.165, 1.54) is 6.08 Å². The molecule has 0 aliphatic carbocycles. The summed E-state index contributed by atoms with van der Waals surface area (Å²) >= 11 is 0. The molecule has 0 aromatic carbocycles. The van der Waals surface area contributed by atoms with Crippen LogP contribution in [0, 0.1) is 0 Å². The highest BCUT2D eigenvalue weighted by Gasteiger charge is 2.21. The first-order valence-electron chi connectivity index (χ1n) is 3.93. The largest absolute Gasteiger partial charge is 0.379 e. The van der Waals surface area contributed by atoms with Gasteiger partial charge in [0, 0.05) is 13.1 Å². The molecule has 1 aliphatic rings. The molecule has 1 rings (SSSR count). The van der Waals surface area contributed by atoms with Crippen LogP contribution >= 0.6 is 0 Å². The molecule has 4 heteroatoms. The first-order valence-corrected chi connectivity index (χ1v) is 3.93. The molecule has 0 spiro atoms. The summed E-state index contributed by atoms with van der Waals surface area (Å²) < 4.78 is 5.06. The van der Waals surface area contributed by atoms with Crippen LogP contribution in [0.3, 0.4) is 0 Å². The van der Waals surface area contributed by atoms with E-state index in [4.69, 9.17) is 9.84 Å². The Kier molecular flexibility index (Phi) is 3.25. The Balaban J connectivity index is 2.44. The van der Waals surface area contributed by atoms with E-state index in [9.17, 15) is 4.79 Å². The lowest BCUT2D eigenvalue weighted by Crippen LogP contribution is -2.45. The van der Waals surface area contributed by atoms with Gasteiger partial charge in [0.05, 0.1) is 13.2 Å². The van der Waals surface area contributed by atoms with Crippen LogP contribution < -0.4 is 0 Å². The average molecular weight is 171 g/mol. The van der Waals surface area contributed by atoms with Gasteiger partial charge in [-0.05, 0) is 0 Å². The zero-order valence-corrected chi connectivity index (χ0v) is 6.90. The lowest BCUT2D eigenvalue weighted by Gasteiger charge is -2.27. The van der Waals surface area contributed by atoms with Crippen LogP contribution in [0.15, 0.2) is 12.7 Å². The molecule has 68 valence electrons. The van der Waals surface area contributed by atoms with Crippen molar-refractivity contribution < 1.29 is 14.6 Å². The summed E-state index contributed by atoms with van der Waals surface area (Å²) in [6.07, 6.45) is 0.167. The average Bonchev–Trinajstić information content (AvgIpc) is 2.17. The van der Waals surface area contributed by atoms with Crippen molar-refractivity contribution in [2.24, 2.45) is 0 Å². The number of carbonyl (C=O) groups excluding carboxylic acids is 1. The molecule has 0 saturated carbocycles. The Hall–Kier alpha value is -0.870. The van der Waals surface area contributed by atoms with Gasteiger partial charge in [0.25, 0.3) is 5.91 Å². The predicted octanol–water partition coefficient (Wildman–Crippen LogP) is -0.608. The molecule has 1 aliphatic heterocycles. The monoisotopic (exact) mass is 171 g/mol. The maximum Gasteiger partial charge on any atom is 0.255 e. The zero-order valence-electron chi connectivity index (χ0n) is 6.90. The third kappa shape index (κ3) is 2.06. The minimum atomic E-state index is -1.07. The summed E-state index contributed by atoms with van der Waals surface area (Å²) in [6.45, 7) is 5.57. The highest BCUT2D eigenvalue weighted by Crippen LogP contribution is 2.00. The van der Waals surface area contributed by atoms with Gasteiger partial charge < -0.3 is 14.7 Å². The second kappa shape index (κ2) is 4.23. The van der Waals surface area contributed by atoms with E-state index in [1.54, 1.807) is 4.90 Å². The van der Waals surface area contributed by atoms with Gasteiger partial charge in [-0.3, -0.25) is 4.79 Å². The van der Waals surface area contributed by atoms with Crippen LogP contribution in [-0.4, -0.2) is 48.3 Å². The fourth-order valence-electron chi connectivity index (χ4n) is 1.07. The third-order valence-corrected chi connectivity index (χ3v) is 1.80. The van der Waals surface area contributed by atoms with Crippen LogP contribution in [-0.2, 0) is 9.53 Å². The number of ether oxygens (including phenoxy) is 1. The minimum absolute atomic E-state index is 0.284. The van der Waals surface area contributed by atoms with E-state index in [1.807, 2.05) is 0 Å². The summed E-state index contributed by atoms with van der Waals surface area (Å²) in [4.78, 5) is 12.9. The van der Waals surface area contributed by atoms with Gasteiger partial charge in [-0.15, -0.1) is 0 Å². The highest BCUT2D eigenvalue weighted by atomic mass is 16.5. The van der Waals surface area contributed by atoms with Gasteiger partial charge in [0.15, 0.2) is 6.10 Å². The smallest absolute Gasteiger partial charge is 0.255 e. The Morgan fingerprint density at radius 2 is 2.17 bits per heavy atom. The SMILES string of the molecule is C=CC(O)C(=O)N1CCOCC1. The summed E-state index contributed by atoms with van der Waals surface area (Å²) in [7, 11) is 0. The normalized spacial score (nSPS) is 20.2. The first-order chi connectivity index (χ1) is 5.75. The summed E-state index contributed by atoms with van der Waals surface area (Å²) in [6, 6.07) is 0. The van der Waals surface area contributed by atoms with Crippen LogP contribution in [0.1, 0.15) is 0 Å². The molecular weight excluding hydrogens is 158 g/mol. The van der Waals surface area contributed by atoms with E-state index < -0.39 is 6.10 Å². The van der Waals surface area contributed by atoms with Gasteiger partial charge >= 0.3 is 0 Å². The molecule has 1 saturated heterocycles. The highest BCUT2D eigenvalue weighted by molar-refractivity contribution is 5.82. The third-order valence-electron chi connectivity index (χ3n) is 1.80. The van der Waals surface area contributed by atoms with Crippen molar-refractivity contribution in [3.8, 4) is 0 Å². The van der Waals surface area contributed by atoms with Crippen molar-refractivity contribution >= 4 is 5.91 Å². The maximum atomic E-state index is 11.3. The van der Waals surface area contributed by atoms with Gasteiger partial charge in [0.1, 0.15) is 0 Å². The Morgan fingerprint density at radius 1 is 1.58 bits per heavy atom. The van der Waals surface area contributed by atoms with Gasteiger partial charge in [-0.2, -0.15) is 0 Å². The van der Waals surface area contributed by atoms with Crippen molar-refractivity contribution in [1.29, 1.82) is 0 Å². The van der Waals surface area contributed by atoms with E-state index in [2.05, 4.69) is 6.58 Å². The Bertz CT molecular complexity index is 175. The second-order valence-corrected chi connectivity index (χ2v) is 2.62. The quantitative estimate of drug-likeness (QED) is 0.564. The van der Waals surface area contributed by atoms with Crippen molar-refractivity contribution in [2.75, 3.05) is 26.3 Å². The number of aliphatic hydroxyl groups excluding tert-OH is 1. The van der Waals surface area contributed by atoms with E-state index in [0.717, 1.165) is 0 Å². The second-order valence-electron chi connectivity index (χ2n) is 2.62. The number of rotatable bonds is 2. The van der Waals surface area contributed by atoms with Crippen LogP contribution in [0.2, 0.25) is 0 Å². The number of nitrogens with zero attached hydrogens (tertiary/aromatic N) is 1. The fourth-order valence-corrected chi connectivity index (χ4v) is 1.07. The molecule has 1 atom stereocenters. The van der Waals surface area contributed by atoms with E-state index >= 15 is 0 Å². The van der Waals surface area contributed by atoms with Gasteiger partial charge in [-0.1, -0.05) is 12.7 Å². The van der Waals surface area contributed by atoms with E-state index in [-0.39, 0.29) is 5.91 Å². The summed E-state index contributed by atoms with van der Waals surface area (Å²) in [5.41, 5.74) is 0. The lowest BCUT2D eigenvalue weighted by atomic mass is 10.3. The number of amides is 1. The van der Waals surface area contributed by atoms with Crippen molar-refractivity contribution in [2.45, 2.75) is 6.10 Å². The van der Waals surface area contributed by atoms with Crippen LogP contribution in [0.5, 0.6) is 0 Å². The standard InChI is InChI=1S/C8H13NO3/c1-2-7(10)8(11)9-3-5-12-6-4-9/h2,7,10H,1,3-6H2. The molecule has 0 aromatic heterocycles. The van der Waals surface area contributed by atoms with Gasteiger partial charge in [-0.25, -0.2) is 0 Å². The van der Waals surface area contributed by atoms with Gasteiger partial charge in [0.2, 0.25) is 0 Å².